The van der Waals surface area contributed by atoms with Crippen molar-refractivity contribution in [2.24, 2.45) is 0 Å². The average molecular weight is 377 g/mol. The van der Waals surface area contributed by atoms with E-state index in [2.05, 4.69) is 10.4 Å². The lowest BCUT2D eigenvalue weighted by molar-refractivity contribution is -0.116. The molecule has 0 spiro atoms. The monoisotopic (exact) mass is 377 g/mol. The van der Waals surface area contributed by atoms with Gasteiger partial charge in [0.25, 0.3) is 5.56 Å². The highest BCUT2D eigenvalue weighted by atomic mass is 16.7. The fraction of sp³-hybridized carbons (Fsp3) is 0.190. The van der Waals surface area contributed by atoms with Crippen LogP contribution in [0.25, 0.3) is 11.3 Å². The van der Waals surface area contributed by atoms with Gasteiger partial charge in [-0.1, -0.05) is 30.3 Å². The number of aryl methyl sites for hydroxylation is 1. The molecule has 7 nitrogen and oxygen atoms in total. The number of carbonyl (C=O) groups is 1. The van der Waals surface area contributed by atoms with Crippen LogP contribution in [-0.2, 0) is 11.3 Å². The van der Waals surface area contributed by atoms with Crippen molar-refractivity contribution in [3.8, 4) is 22.8 Å². The van der Waals surface area contributed by atoms with Crippen molar-refractivity contribution in [3.05, 3.63) is 71.0 Å². The van der Waals surface area contributed by atoms with E-state index in [4.69, 9.17) is 9.47 Å². The Bertz CT molecular complexity index is 1050. The van der Waals surface area contributed by atoms with Crippen LogP contribution >= 0.6 is 0 Å². The first kappa shape index (κ1) is 17.8. The van der Waals surface area contributed by atoms with Crippen LogP contribution < -0.4 is 20.3 Å². The smallest absolute Gasteiger partial charge is 0.266 e. The summed E-state index contributed by atoms with van der Waals surface area (Å²) in [4.78, 5) is 24.2. The van der Waals surface area contributed by atoms with E-state index in [9.17, 15) is 9.59 Å². The van der Waals surface area contributed by atoms with Crippen molar-refractivity contribution in [2.45, 2.75) is 19.4 Å². The summed E-state index contributed by atoms with van der Waals surface area (Å²) >= 11 is 0. The van der Waals surface area contributed by atoms with Gasteiger partial charge in [0, 0.05) is 36.3 Å². The Morgan fingerprint density at radius 3 is 2.71 bits per heavy atom. The zero-order valence-electron chi connectivity index (χ0n) is 15.1. The minimum absolute atomic E-state index is 0.133. The number of nitrogens with one attached hydrogen (secondary N) is 1. The molecule has 28 heavy (non-hydrogen) atoms. The first-order chi connectivity index (χ1) is 13.7. The minimum atomic E-state index is -0.184. The molecule has 0 saturated heterocycles. The van der Waals surface area contributed by atoms with Crippen LogP contribution in [0.4, 0.5) is 5.69 Å². The number of anilines is 1. The van der Waals surface area contributed by atoms with Crippen LogP contribution in [0.15, 0.2) is 65.5 Å². The molecule has 3 aromatic rings. The molecule has 2 aromatic carbocycles. The first-order valence-electron chi connectivity index (χ1n) is 9.02. The number of carbonyl (C=O) groups excluding carboxylic acids is 1. The van der Waals surface area contributed by atoms with E-state index in [-0.39, 0.29) is 24.7 Å². The van der Waals surface area contributed by atoms with Gasteiger partial charge in [-0.15, -0.1) is 0 Å². The predicted molar refractivity (Wildman–Crippen MR) is 104 cm³/mol. The van der Waals surface area contributed by atoms with Crippen molar-refractivity contribution in [2.75, 3.05) is 12.1 Å². The van der Waals surface area contributed by atoms with Crippen LogP contribution in [0.2, 0.25) is 0 Å². The standard InChI is InChI=1S/C21H19N3O4/c25-20(22-16-8-10-18-19(13-16)28-14-27-18)7-4-12-24-21(26)11-9-17(23-24)15-5-2-1-3-6-15/h1-3,5-6,8-11,13H,4,7,12,14H2,(H,22,25). The van der Waals surface area contributed by atoms with E-state index >= 15 is 0 Å². The lowest BCUT2D eigenvalue weighted by atomic mass is 10.1. The topological polar surface area (TPSA) is 82.5 Å². The first-order valence-corrected chi connectivity index (χ1v) is 9.02. The lowest BCUT2D eigenvalue weighted by Crippen LogP contribution is -2.23. The number of amides is 1. The molecular weight excluding hydrogens is 358 g/mol. The van der Waals surface area contributed by atoms with Gasteiger partial charge in [0.05, 0.1) is 5.69 Å². The van der Waals surface area contributed by atoms with Gasteiger partial charge in [-0.25, -0.2) is 4.68 Å². The maximum absolute atomic E-state index is 12.2. The minimum Gasteiger partial charge on any atom is -0.454 e. The largest absolute Gasteiger partial charge is 0.454 e. The molecule has 0 atom stereocenters. The fourth-order valence-corrected chi connectivity index (χ4v) is 2.96. The zero-order valence-corrected chi connectivity index (χ0v) is 15.1. The third-order valence-corrected chi connectivity index (χ3v) is 4.37. The average Bonchev–Trinajstić information content (AvgIpc) is 3.18. The van der Waals surface area contributed by atoms with Crippen molar-refractivity contribution in [3.63, 3.8) is 0 Å². The Morgan fingerprint density at radius 1 is 1.04 bits per heavy atom. The highest BCUT2D eigenvalue weighted by Crippen LogP contribution is 2.34. The molecule has 1 amide bonds. The third kappa shape index (κ3) is 4.03. The second-order valence-corrected chi connectivity index (χ2v) is 6.37. The Kier molecular flexibility index (Phi) is 5.05. The Hall–Kier alpha value is -3.61. The lowest BCUT2D eigenvalue weighted by Gasteiger charge is -2.08. The number of benzene rings is 2. The van der Waals surface area contributed by atoms with E-state index in [1.807, 2.05) is 30.3 Å². The molecular formula is C21H19N3O4. The Balaban J connectivity index is 1.34. The number of hydrogen-bond donors (Lipinski definition) is 1. The second-order valence-electron chi connectivity index (χ2n) is 6.37. The molecule has 1 aliphatic rings. The van der Waals surface area contributed by atoms with E-state index in [0.717, 1.165) is 11.3 Å². The number of nitrogens with zero attached hydrogens (tertiary/aromatic N) is 2. The molecule has 2 heterocycles. The highest BCUT2D eigenvalue weighted by molar-refractivity contribution is 5.91. The van der Waals surface area contributed by atoms with Crippen molar-refractivity contribution in [1.29, 1.82) is 0 Å². The quantitative estimate of drug-likeness (QED) is 0.714. The molecule has 0 fully saturated rings. The molecule has 142 valence electrons. The van der Waals surface area contributed by atoms with Gasteiger partial charge >= 0.3 is 0 Å². The summed E-state index contributed by atoms with van der Waals surface area (Å²) in [6.07, 6.45) is 0.777. The summed E-state index contributed by atoms with van der Waals surface area (Å²) in [5.74, 6) is 1.15. The maximum atomic E-state index is 12.2. The molecule has 1 aromatic heterocycles. The maximum Gasteiger partial charge on any atom is 0.266 e. The van der Waals surface area contributed by atoms with E-state index in [0.29, 0.717) is 30.2 Å². The highest BCUT2D eigenvalue weighted by Gasteiger charge is 2.14. The van der Waals surface area contributed by atoms with Gasteiger partial charge in [-0.2, -0.15) is 5.10 Å². The molecule has 1 N–H and O–H groups in total. The number of rotatable bonds is 6. The van der Waals surface area contributed by atoms with Crippen LogP contribution in [0.3, 0.4) is 0 Å². The second kappa shape index (κ2) is 7.96. The van der Waals surface area contributed by atoms with Crippen LogP contribution in [0.1, 0.15) is 12.8 Å². The molecule has 0 unspecified atom stereocenters. The van der Waals surface area contributed by atoms with Gasteiger partial charge in [0.1, 0.15) is 0 Å². The SMILES string of the molecule is O=C(CCCn1nc(-c2ccccc2)ccc1=O)Nc1ccc2c(c1)OCO2. The fourth-order valence-electron chi connectivity index (χ4n) is 2.96. The van der Waals surface area contributed by atoms with Gasteiger partial charge in [-0.3, -0.25) is 9.59 Å². The van der Waals surface area contributed by atoms with Crippen LogP contribution in [0.5, 0.6) is 11.5 Å². The van der Waals surface area contributed by atoms with E-state index in [1.165, 1.54) is 10.7 Å². The molecule has 4 rings (SSSR count). The molecule has 0 saturated carbocycles. The van der Waals surface area contributed by atoms with Crippen LogP contribution in [-0.4, -0.2) is 22.5 Å². The van der Waals surface area contributed by atoms with Crippen molar-refractivity contribution < 1.29 is 14.3 Å². The van der Waals surface area contributed by atoms with Crippen LogP contribution in [0, 0.1) is 0 Å². The molecule has 0 radical (unpaired) electrons. The molecule has 0 aliphatic carbocycles. The van der Waals surface area contributed by atoms with Crippen molar-refractivity contribution in [1.82, 2.24) is 9.78 Å². The van der Waals surface area contributed by atoms with Gasteiger partial charge in [-0.05, 0) is 24.6 Å². The number of fused-ring (bicyclic) bond motifs is 1. The van der Waals surface area contributed by atoms with Gasteiger partial charge < -0.3 is 14.8 Å². The summed E-state index contributed by atoms with van der Waals surface area (Å²) in [5.41, 5.74) is 2.13. The van der Waals surface area contributed by atoms with Crippen molar-refractivity contribution >= 4 is 11.6 Å². The summed E-state index contributed by atoms with van der Waals surface area (Å²) in [5, 5.41) is 7.23. The zero-order chi connectivity index (χ0) is 19.3. The number of ether oxygens (including phenoxy) is 2. The summed E-state index contributed by atoms with van der Waals surface area (Å²) in [6, 6.07) is 18.1. The summed E-state index contributed by atoms with van der Waals surface area (Å²) < 4.78 is 12.0. The van der Waals surface area contributed by atoms with Gasteiger partial charge in [0.15, 0.2) is 11.5 Å². The Labute approximate surface area is 161 Å². The summed E-state index contributed by atoms with van der Waals surface area (Å²) in [7, 11) is 0. The molecule has 0 bridgehead atoms. The predicted octanol–water partition coefficient (Wildman–Crippen LogP) is 3.06. The number of aromatic nitrogens is 2. The third-order valence-electron chi connectivity index (χ3n) is 4.37. The summed E-state index contributed by atoms with van der Waals surface area (Å²) in [6.45, 7) is 0.560. The number of hydrogen-bond acceptors (Lipinski definition) is 5. The normalized spacial score (nSPS) is 12.0. The van der Waals surface area contributed by atoms with E-state index in [1.54, 1.807) is 24.3 Å². The van der Waals surface area contributed by atoms with Gasteiger partial charge in [0.2, 0.25) is 12.7 Å². The molecule has 1 aliphatic heterocycles. The Morgan fingerprint density at radius 2 is 1.86 bits per heavy atom. The van der Waals surface area contributed by atoms with E-state index < -0.39 is 0 Å². The molecule has 7 heteroatoms.